The Morgan fingerprint density at radius 1 is 1.08 bits per heavy atom. The molecule has 0 aliphatic rings. The van der Waals surface area contributed by atoms with Gasteiger partial charge in [-0.1, -0.05) is 30.3 Å². The van der Waals surface area contributed by atoms with Gasteiger partial charge in [0.1, 0.15) is 5.82 Å². The van der Waals surface area contributed by atoms with Crippen molar-refractivity contribution in [3.8, 4) is 11.3 Å². The molecule has 0 aliphatic heterocycles. The summed E-state index contributed by atoms with van der Waals surface area (Å²) in [6.07, 6.45) is 1.80. The summed E-state index contributed by atoms with van der Waals surface area (Å²) in [4.78, 5) is 24.2. The number of aromatic nitrogens is 5. The minimum Gasteiger partial charge on any atom is -0.314 e. The van der Waals surface area contributed by atoms with Crippen LogP contribution in [0.4, 0.5) is 0 Å². The third-order valence-electron chi connectivity index (χ3n) is 4.34. The van der Waals surface area contributed by atoms with Gasteiger partial charge >= 0.3 is 0 Å². The predicted octanol–water partition coefficient (Wildman–Crippen LogP) is 1.98. The third kappa shape index (κ3) is 2.76. The van der Waals surface area contributed by atoms with Gasteiger partial charge in [-0.25, -0.2) is 4.98 Å². The number of hydrogen-bond acceptors (Lipinski definition) is 5. The first-order valence-corrected chi connectivity index (χ1v) is 8.51. The minimum atomic E-state index is -0.0641. The number of likely N-dealkylation sites (N-methyl/N-ethyl adjacent to an activating group) is 1. The molecule has 3 aromatic heterocycles. The molecule has 0 bridgehead atoms. The van der Waals surface area contributed by atoms with Crippen LogP contribution in [0.5, 0.6) is 0 Å². The molecule has 0 radical (unpaired) electrons. The molecule has 0 saturated heterocycles. The van der Waals surface area contributed by atoms with Crippen molar-refractivity contribution in [2.45, 2.75) is 13.5 Å². The van der Waals surface area contributed by atoms with Crippen LogP contribution in [0, 0.1) is 6.92 Å². The summed E-state index contributed by atoms with van der Waals surface area (Å²) in [7, 11) is 3.98. The molecule has 7 nitrogen and oxygen atoms in total. The largest absolute Gasteiger partial charge is 0.314 e. The molecule has 0 atom stereocenters. The molecule has 4 aromatic rings. The number of hydrogen-bond donors (Lipinski definition) is 0. The van der Waals surface area contributed by atoms with E-state index in [9.17, 15) is 4.79 Å². The first-order valence-electron chi connectivity index (χ1n) is 8.51. The Hall–Kier alpha value is -3.06. The smallest absolute Gasteiger partial charge is 0.262 e. The summed E-state index contributed by atoms with van der Waals surface area (Å²) >= 11 is 0. The van der Waals surface area contributed by atoms with Crippen LogP contribution in [0.3, 0.4) is 0 Å². The van der Waals surface area contributed by atoms with Crippen molar-refractivity contribution < 1.29 is 0 Å². The van der Waals surface area contributed by atoms with E-state index in [-0.39, 0.29) is 5.56 Å². The van der Waals surface area contributed by atoms with E-state index < -0.39 is 0 Å². The van der Waals surface area contributed by atoms with Gasteiger partial charge in [0.15, 0.2) is 0 Å². The summed E-state index contributed by atoms with van der Waals surface area (Å²) in [6.45, 7) is 3.22. The van der Waals surface area contributed by atoms with E-state index in [1.165, 1.54) is 0 Å². The van der Waals surface area contributed by atoms with Crippen molar-refractivity contribution >= 4 is 16.7 Å². The van der Waals surface area contributed by atoms with E-state index in [0.717, 1.165) is 17.8 Å². The Morgan fingerprint density at radius 3 is 2.58 bits per heavy atom. The van der Waals surface area contributed by atoms with Gasteiger partial charge in [0.2, 0.25) is 0 Å². The molecular formula is C19H20N6O. The van der Waals surface area contributed by atoms with E-state index in [0.29, 0.717) is 29.0 Å². The Morgan fingerprint density at radius 2 is 1.85 bits per heavy atom. The Kier molecular flexibility index (Phi) is 4.00. The minimum absolute atomic E-state index is 0.0641. The topological polar surface area (TPSA) is 68.3 Å². The fourth-order valence-electron chi connectivity index (χ4n) is 3.07. The molecule has 4 rings (SSSR count). The maximum Gasteiger partial charge on any atom is 0.262 e. The van der Waals surface area contributed by atoms with Gasteiger partial charge in [-0.05, 0) is 27.1 Å². The normalized spacial score (nSPS) is 11.7. The zero-order valence-corrected chi connectivity index (χ0v) is 15.0. The number of nitrogens with zero attached hydrogens (tertiary/aromatic N) is 6. The summed E-state index contributed by atoms with van der Waals surface area (Å²) < 4.78 is 3.40. The van der Waals surface area contributed by atoms with Crippen LogP contribution in [0.1, 0.15) is 5.82 Å². The number of benzene rings is 1. The Balaban J connectivity index is 2.07. The van der Waals surface area contributed by atoms with E-state index in [1.807, 2.05) is 57.4 Å². The summed E-state index contributed by atoms with van der Waals surface area (Å²) in [5.74, 6) is 1.12. The highest BCUT2D eigenvalue weighted by molar-refractivity contribution is 5.93. The van der Waals surface area contributed by atoms with Gasteiger partial charge in [0.05, 0.1) is 16.6 Å². The fraction of sp³-hybridized carbons (Fsp3) is 0.263. The van der Waals surface area contributed by atoms with E-state index in [1.54, 1.807) is 15.3 Å². The van der Waals surface area contributed by atoms with Crippen molar-refractivity contribution in [2.75, 3.05) is 20.6 Å². The lowest BCUT2D eigenvalue weighted by atomic mass is 10.1. The molecule has 7 heteroatoms. The number of fused-ring (bicyclic) bond motifs is 2. The first kappa shape index (κ1) is 16.4. The van der Waals surface area contributed by atoms with Crippen molar-refractivity contribution in [1.29, 1.82) is 0 Å². The maximum atomic E-state index is 13.2. The molecule has 0 unspecified atom stereocenters. The van der Waals surface area contributed by atoms with E-state index in [4.69, 9.17) is 0 Å². The molecule has 0 amide bonds. The second kappa shape index (κ2) is 6.34. The molecule has 0 spiro atoms. The van der Waals surface area contributed by atoms with Gasteiger partial charge in [0.25, 0.3) is 11.3 Å². The van der Waals surface area contributed by atoms with Crippen molar-refractivity contribution in [3.05, 3.63) is 58.8 Å². The van der Waals surface area contributed by atoms with Crippen LogP contribution in [0.2, 0.25) is 0 Å². The van der Waals surface area contributed by atoms with Crippen molar-refractivity contribution in [2.24, 2.45) is 0 Å². The Bertz CT molecular complexity index is 1140. The zero-order chi connectivity index (χ0) is 18.3. The number of rotatable bonds is 4. The molecule has 3 heterocycles. The monoisotopic (exact) mass is 348 g/mol. The van der Waals surface area contributed by atoms with Crippen LogP contribution in [0.25, 0.3) is 27.9 Å². The molecule has 0 fully saturated rings. The molecule has 1 aromatic carbocycles. The zero-order valence-electron chi connectivity index (χ0n) is 15.0. The molecule has 26 heavy (non-hydrogen) atoms. The molecular weight excluding hydrogens is 328 g/mol. The lowest BCUT2D eigenvalue weighted by Gasteiger charge is -2.13. The van der Waals surface area contributed by atoms with E-state index >= 15 is 0 Å². The van der Waals surface area contributed by atoms with Crippen LogP contribution in [-0.4, -0.2) is 49.7 Å². The van der Waals surface area contributed by atoms with Crippen LogP contribution >= 0.6 is 0 Å². The third-order valence-corrected chi connectivity index (χ3v) is 4.34. The first-order chi connectivity index (χ1) is 12.5. The van der Waals surface area contributed by atoms with Gasteiger partial charge in [-0.15, -0.1) is 5.10 Å². The molecule has 0 aliphatic carbocycles. The highest BCUT2D eigenvalue weighted by atomic mass is 16.1. The quantitative estimate of drug-likeness (QED) is 0.564. The maximum absolute atomic E-state index is 13.2. The second-order valence-electron chi connectivity index (χ2n) is 6.58. The van der Waals surface area contributed by atoms with Crippen LogP contribution in [0.15, 0.2) is 47.4 Å². The summed E-state index contributed by atoms with van der Waals surface area (Å²) in [5, 5.41) is 5.04. The van der Waals surface area contributed by atoms with Gasteiger partial charge in [-0.2, -0.15) is 9.50 Å². The molecule has 0 saturated carbocycles. The standard InChI is InChI=1S/C19H20N6O/c1-13-20-19-21-15-9-10-24(12-11-23(2)3)18(26)16(15)17(25(19)22-13)14-7-5-4-6-8-14/h4-10H,11-12H2,1-3H3. The average molecular weight is 348 g/mol. The van der Waals surface area contributed by atoms with Crippen molar-refractivity contribution in [3.63, 3.8) is 0 Å². The molecule has 0 N–H and O–H groups in total. The summed E-state index contributed by atoms with van der Waals surface area (Å²) in [5.41, 5.74) is 2.22. The fourth-order valence-corrected chi connectivity index (χ4v) is 3.07. The SMILES string of the molecule is Cc1nc2nc3ccn(CCN(C)C)c(=O)c3c(-c3ccccc3)n2n1. The predicted molar refractivity (Wildman–Crippen MR) is 101 cm³/mol. The van der Waals surface area contributed by atoms with Crippen LogP contribution in [-0.2, 0) is 6.54 Å². The number of pyridine rings is 1. The lowest BCUT2D eigenvalue weighted by molar-refractivity contribution is 0.381. The number of aryl methyl sites for hydroxylation is 1. The summed E-state index contributed by atoms with van der Waals surface area (Å²) in [6, 6.07) is 11.7. The van der Waals surface area contributed by atoms with Gasteiger partial charge in [0, 0.05) is 24.8 Å². The van der Waals surface area contributed by atoms with E-state index in [2.05, 4.69) is 20.0 Å². The lowest BCUT2D eigenvalue weighted by Crippen LogP contribution is -2.27. The van der Waals surface area contributed by atoms with Crippen molar-refractivity contribution in [1.82, 2.24) is 29.0 Å². The average Bonchev–Trinajstić information content (AvgIpc) is 2.99. The van der Waals surface area contributed by atoms with Crippen LogP contribution < -0.4 is 5.56 Å². The second-order valence-corrected chi connectivity index (χ2v) is 6.58. The highest BCUT2D eigenvalue weighted by Gasteiger charge is 2.17. The van der Waals surface area contributed by atoms with Gasteiger partial charge < -0.3 is 9.47 Å². The molecule has 132 valence electrons. The van der Waals surface area contributed by atoms with Gasteiger partial charge in [-0.3, -0.25) is 4.79 Å². The Labute approximate surface area is 150 Å². The highest BCUT2D eigenvalue weighted by Crippen LogP contribution is 2.25.